The lowest BCUT2D eigenvalue weighted by Crippen LogP contribution is -2.33. The van der Waals surface area contributed by atoms with E-state index in [1.54, 1.807) is 11.3 Å². The highest BCUT2D eigenvalue weighted by atomic mass is 32.2. The van der Waals surface area contributed by atoms with Crippen LogP contribution in [0.25, 0.3) is 16.3 Å². The Morgan fingerprint density at radius 3 is 2.78 bits per heavy atom. The van der Waals surface area contributed by atoms with E-state index in [9.17, 15) is 9.59 Å². The van der Waals surface area contributed by atoms with E-state index >= 15 is 0 Å². The van der Waals surface area contributed by atoms with Crippen LogP contribution in [0.1, 0.15) is 10.6 Å². The Labute approximate surface area is 165 Å². The Balaban J connectivity index is 1.50. The number of benzene rings is 2. The molecule has 2 heterocycles. The van der Waals surface area contributed by atoms with Gasteiger partial charge in [-0.2, -0.15) is 0 Å². The first-order valence-electron chi connectivity index (χ1n) is 8.45. The summed E-state index contributed by atoms with van der Waals surface area (Å²) < 4.78 is 1.10. The van der Waals surface area contributed by atoms with Gasteiger partial charge in [-0.1, -0.05) is 41.6 Å². The lowest BCUT2D eigenvalue weighted by Gasteiger charge is -2.16. The number of thiazole rings is 1. The van der Waals surface area contributed by atoms with Gasteiger partial charge in [0.05, 0.1) is 21.0 Å². The topological polar surface area (TPSA) is 62.3 Å². The van der Waals surface area contributed by atoms with Crippen molar-refractivity contribution in [3.63, 3.8) is 0 Å². The minimum absolute atomic E-state index is 0.00353. The van der Waals surface area contributed by atoms with Crippen molar-refractivity contribution < 1.29 is 9.59 Å². The number of hydrogen-bond donors (Lipinski definition) is 1. The molecule has 27 heavy (non-hydrogen) atoms. The van der Waals surface area contributed by atoms with E-state index in [-0.39, 0.29) is 18.4 Å². The molecule has 0 atom stereocenters. The van der Waals surface area contributed by atoms with E-state index in [1.165, 1.54) is 16.7 Å². The van der Waals surface area contributed by atoms with Crippen molar-refractivity contribution in [2.75, 3.05) is 17.6 Å². The summed E-state index contributed by atoms with van der Waals surface area (Å²) in [6, 6.07) is 15.5. The quantitative estimate of drug-likeness (QED) is 0.722. The van der Waals surface area contributed by atoms with E-state index in [0.29, 0.717) is 5.75 Å². The second-order valence-electron chi connectivity index (χ2n) is 6.19. The van der Waals surface area contributed by atoms with Gasteiger partial charge in [-0.15, -0.1) is 11.3 Å². The molecular weight excluding hydrogens is 378 g/mol. The van der Waals surface area contributed by atoms with Crippen LogP contribution in [0.2, 0.25) is 0 Å². The summed E-state index contributed by atoms with van der Waals surface area (Å²) in [4.78, 5) is 30.7. The van der Waals surface area contributed by atoms with E-state index in [4.69, 9.17) is 0 Å². The number of nitrogens with one attached hydrogen (secondary N) is 1. The lowest BCUT2D eigenvalue weighted by atomic mass is 10.2. The predicted molar refractivity (Wildman–Crippen MR) is 112 cm³/mol. The first kappa shape index (κ1) is 17.8. The highest BCUT2D eigenvalue weighted by Gasteiger charge is 2.28. The minimum atomic E-state index is -0.218. The number of hydrogen-bond acceptors (Lipinski definition) is 5. The smallest absolute Gasteiger partial charge is 0.244 e. The average Bonchev–Trinajstić information content (AvgIpc) is 3.21. The molecule has 4 rings (SSSR count). The summed E-state index contributed by atoms with van der Waals surface area (Å²) >= 11 is 3.01. The predicted octanol–water partition coefficient (Wildman–Crippen LogP) is 4.12. The Hall–Kier alpha value is -2.64. The molecule has 5 nitrogen and oxygen atoms in total. The zero-order valence-corrected chi connectivity index (χ0v) is 16.3. The summed E-state index contributed by atoms with van der Waals surface area (Å²) in [5.41, 5.74) is 2.79. The number of aromatic nitrogens is 1. The van der Waals surface area contributed by atoms with E-state index < -0.39 is 0 Å². The molecule has 1 aliphatic rings. The van der Waals surface area contributed by atoms with Crippen LogP contribution in [0, 0.1) is 6.92 Å². The number of aryl methyl sites for hydroxylation is 1. The van der Waals surface area contributed by atoms with Crippen LogP contribution in [-0.4, -0.2) is 34.0 Å². The van der Waals surface area contributed by atoms with Gasteiger partial charge in [0.25, 0.3) is 0 Å². The number of carbonyl (C=O) groups excluding carboxylic acids is 2. The van der Waals surface area contributed by atoms with Gasteiger partial charge in [0, 0.05) is 11.8 Å². The Kier molecular flexibility index (Phi) is 4.96. The highest BCUT2D eigenvalue weighted by molar-refractivity contribution is 8.04. The van der Waals surface area contributed by atoms with Crippen LogP contribution < -0.4 is 5.32 Å². The van der Waals surface area contributed by atoms with Gasteiger partial charge in [-0.3, -0.25) is 14.5 Å². The van der Waals surface area contributed by atoms with Gasteiger partial charge in [-0.05, 0) is 31.2 Å². The van der Waals surface area contributed by atoms with Crippen molar-refractivity contribution in [1.29, 1.82) is 0 Å². The molecule has 0 bridgehead atoms. The molecule has 0 spiro atoms. The molecule has 0 saturated carbocycles. The fourth-order valence-electron chi connectivity index (χ4n) is 2.74. The maximum atomic E-state index is 12.4. The monoisotopic (exact) mass is 395 g/mol. The number of fused-ring (bicyclic) bond motifs is 1. The molecule has 1 aliphatic heterocycles. The van der Waals surface area contributed by atoms with Crippen LogP contribution in [0.15, 0.2) is 53.6 Å². The fraction of sp³-hybridized carbons (Fsp3) is 0.150. The number of amides is 2. The third kappa shape index (κ3) is 4.04. The van der Waals surface area contributed by atoms with Crippen molar-refractivity contribution in [2.24, 2.45) is 0 Å². The molecule has 0 aliphatic carbocycles. The maximum Gasteiger partial charge on any atom is 0.244 e. The minimum Gasteiger partial charge on any atom is -0.325 e. The van der Waals surface area contributed by atoms with Gasteiger partial charge in [0.2, 0.25) is 11.8 Å². The Morgan fingerprint density at radius 2 is 2.00 bits per heavy atom. The molecule has 0 unspecified atom stereocenters. The summed E-state index contributed by atoms with van der Waals surface area (Å²) in [6.07, 6.45) is 1.89. The molecule has 2 amide bonds. The molecule has 136 valence electrons. The molecule has 1 fully saturated rings. The molecule has 3 aromatic rings. The van der Waals surface area contributed by atoms with Crippen molar-refractivity contribution in [3.05, 3.63) is 64.1 Å². The molecule has 7 heteroatoms. The normalized spacial score (nSPS) is 15.7. The number of thioether (sulfide) groups is 1. The highest BCUT2D eigenvalue weighted by Crippen LogP contribution is 2.32. The van der Waals surface area contributed by atoms with Gasteiger partial charge in [0.15, 0.2) is 0 Å². The summed E-state index contributed by atoms with van der Waals surface area (Å²) in [5.74, 6) is 0.0606. The van der Waals surface area contributed by atoms with Gasteiger partial charge < -0.3 is 5.32 Å². The zero-order chi connectivity index (χ0) is 18.8. The fourth-order valence-corrected chi connectivity index (χ4v) is 4.66. The van der Waals surface area contributed by atoms with Crippen LogP contribution in [-0.2, 0) is 9.59 Å². The van der Waals surface area contributed by atoms with Crippen molar-refractivity contribution in [1.82, 2.24) is 9.88 Å². The third-order valence-electron chi connectivity index (χ3n) is 4.11. The summed E-state index contributed by atoms with van der Waals surface area (Å²) in [5, 5.41) is 4.43. The van der Waals surface area contributed by atoms with Crippen LogP contribution in [0.3, 0.4) is 0 Å². The number of carbonyl (C=O) groups is 2. The number of rotatable bonds is 4. The first-order chi connectivity index (χ1) is 13.1. The average molecular weight is 396 g/mol. The molecule has 1 saturated heterocycles. The Morgan fingerprint density at radius 1 is 1.22 bits per heavy atom. The summed E-state index contributed by atoms with van der Waals surface area (Å²) in [7, 11) is 0. The summed E-state index contributed by atoms with van der Waals surface area (Å²) in [6.45, 7) is 1.99. The second-order valence-corrected chi connectivity index (χ2v) is 8.24. The van der Waals surface area contributed by atoms with Gasteiger partial charge in [-0.25, -0.2) is 4.98 Å². The standard InChI is InChI=1S/C20H17N3O2S2/c1-13-6-8-14(9-7-13)21-17(24)11-23-19(25)12-26-20(23)10-18-22-15-4-2-3-5-16(15)27-18/h2-10H,11-12H2,1H3,(H,21,24)/b20-10-. The van der Waals surface area contributed by atoms with Gasteiger partial charge in [0.1, 0.15) is 11.6 Å². The molecule has 2 aromatic carbocycles. The molecular formula is C20H17N3O2S2. The molecule has 0 radical (unpaired) electrons. The SMILES string of the molecule is Cc1ccc(NC(=O)CN2C(=O)CS/C2=C\c2nc3ccccc3s2)cc1. The van der Waals surface area contributed by atoms with Crippen LogP contribution in [0.5, 0.6) is 0 Å². The van der Waals surface area contributed by atoms with Crippen LogP contribution in [0.4, 0.5) is 5.69 Å². The van der Waals surface area contributed by atoms with E-state index in [0.717, 1.165) is 31.5 Å². The van der Waals surface area contributed by atoms with Gasteiger partial charge >= 0.3 is 0 Å². The number of anilines is 1. The molecule has 1 N–H and O–H groups in total. The van der Waals surface area contributed by atoms with Crippen LogP contribution >= 0.6 is 23.1 Å². The van der Waals surface area contributed by atoms with Crippen molar-refractivity contribution >= 4 is 56.9 Å². The van der Waals surface area contributed by atoms with Crippen molar-refractivity contribution in [3.8, 4) is 0 Å². The van der Waals surface area contributed by atoms with E-state index in [1.807, 2.05) is 61.5 Å². The second kappa shape index (κ2) is 7.54. The molecule has 1 aromatic heterocycles. The largest absolute Gasteiger partial charge is 0.325 e. The number of nitrogens with zero attached hydrogens (tertiary/aromatic N) is 2. The lowest BCUT2D eigenvalue weighted by molar-refractivity contribution is -0.129. The zero-order valence-electron chi connectivity index (χ0n) is 14.6. The number of para-hydroxylation sites is 1. The third-order valence-corrected chi connectivity index (χ3v) is 6.11. The first-order valence-corrected chi connectivity index (χ1v) is 10.3. The Bertz CT molecular complexity index is 1010. The van der Waals surface area contributed by atoms with E-state index in [2.05, 4.69) is 10.3 Å². The van der Waals surface area contributed by atoms with Crippen molar-refractivity contribution in [2.45, 2.75) is 6.92 Å². The maximum absolute atomic E-state index is 12.4.